The molecule has 606 valence electrons. The molecule has 5 atom stereocenters. The number of hydrogen-bond acceptors (Lipinski definition) is 15. The topological polar surface area (TPSA) is 237 Å². The molecule has 108 heavy (non-hydrogen) atoms. The van der Waals surface area contributed by atoms with Crippen LogP contribution in [0.25, 0.3) is 0 Å². The predicted octanol–water partition coefficient (Wildman–Crippen LogP) is 23.7. The highest BCUT2D eigenvalue weighted by Gasteiger charge is 2.30. The molecule has 0 aliphatic rings. The van der Waals surface area contributed by atoms with Crippen LogP contribution in [0, 0.1) is 0 Å². The van der Waals surface area contributed by atoms with Crippen LogP contribution in [0.2, 0.25) is 0 Å². The van der Waals surface area contributed by atoms with Crippen LogP contribution in [0.15, 0.2) is 219 Å². The summed E-state index contributed by atoms with van der Waals surface area (Å²) in [6, 6.07) is 0. The van der Waals surface area contributed by atoms with Crippen molar-refractivity contribution >= 4 is 39.5 Å². The second kappa shape index (κ2) is 78.5. The lowest BCUT2D eigenvalue weighted by Gasteiger charge is -2.21. The van der Waals surface area contributed by atoms with Crippen molar-refractivity contribution in [3.63, 3.8) is 0 Å². The maximum Gasteiger partial charge on any atom is 0.472 e. The van der Waals surface area contributed by atoms with E-state index in [9.17, 15) is 43.2 Å². The van der Waals surface area contributed by atoms with Gasteiger partial charge < -0.3 is 33.8 Å². The van der Waals surface area contributed by atoms with Crippen LogP contribution in [0.4, 0.5) is 0 Å². The number of aliphatic hydroxyl groups excluding tert-OH is 1. The Labute approximate surface area is 651 Å². The smallest absolute Gasteiger partial charge is 0.462 e. The number of phosphoric ester groups is 2. The molecule has 0 bridgehead atoms. The second-order valence-electron chi connectivity index (χ2n) is 25.5. The van der Waals surface area contributed by atoms with E-state index in [0.717, 1.165) is 161 Å². The third-order valence-corrected chi connectivity index (χ3v) is 17.3. The Kier molecular flexibility index (Phi) is 73.7. The van der Waals surface area contributed by atoms with Gasteiger partial charge in [0.05, 0.1) is 26.4 Å². The lowest BCUT2D eigenvalue weighted by molar-refractivity contribution is -0.161. The van der Waals surface area contributed by atoms with Crippen molar-refractivity contribution in [1.29, 1.82) is 0 Å². The van der Waals surface area contributed by atoms with Gasteiger partial charge >= 0.3 is 39.5 Å². The Morgan fingerprint density at radius 3 is 0.833 bits per heavy atom. The number of aliphatic hydroxyl groups is 1. The second-order valence-corrected chi connectivity index (χ2v) is 28.4. The highest BCUT2D eigenvalue weighted by molar-refractivity contribution is 7.47. The van der Waals surface area contributed by atoms with E-state index in [2.05, 4.69) is 210 Å². The molecule has 0 fully saturated rings. The summed E-state index contributed by atoms with van der Waals surface area (Å²) >= 11 is 0. The number of hydrogen-bond donors (Lipinski definition) is 3. The minimum absolute atomic E-state index is 0.00997. The number of unbranched alkanes of at least 4 members (excludes halogenated alkanes) is 10. The summed E-state index contributed by atoms with van der Waals surface area (Å²) in [6.45, 7) is 4.22. The molecule has 0 aliphatic carbocycles. The number of ether oxygens (including phenoxy) is 4. The van der Waals surface area contributed by atoms with E-state index in [1.165, 1.54) is 6.42 Å². The Morgan fingerprint density at radius 2 is 0.500 bits per heavy atom. The highest BCUT2D eigenvalue weighted by Crippen LogP contribution is 2.45. The third-order valence-electron chi connectivity index (χ3n) is 15.4. The van der Waals surface area contributed by atoms with Gasteiger partial charge in [-0.3, -0.25) is 37.3 Å². The van der Waals surface area contributed by atoms with Crippen molar-refractivity contribution in [3.8, 4) is 0 Å². The summed E-state index contributed by atoms with van der Waals surface area (Å²) in [5.41, 5.74) is 0. The van der Waals surface area contributed by atoms with Crippen molar-refractivity contribution in [2.24, 2.45) is 0 Å². The molecule has 0 aromatic rings. The quantitative estimate of drug-likeness (QED) is 0.0169. The van der Waals surface area contributed by atoms with Crippen molar-refractivity contribution < 1.29 is 80.2 Å². The first-order valence-corrected chi connectivity index (χ1v) is 43.0. The molecule has 0 saturated carbocycles. The molecule has 19 heteroatoms. The van der Waals surface area contributed by atoms with Gasteiger partial charge in [-0.05, 0) is 167 Å². The van der Waals surface area contributed by atoms with Gasteiger partial charge in [0.25, 0.3) is 0 Å². The van der Waals surface area contributed by atoms with E-state index in [1.807, 2.05) is 36.5 Å². The molecule has 0 aromatic heterocycles. The summed E-state index contributed by atoms with van der Waals surface area (Å²) in [5, 5.41) is 10.6. The summed E-state index contributed by atoms with van der Waals surface area (Å²) in [7, 11) is -10.0. The van der Waals surface area contributed by atoms with E-state index in [0.29, 0.717) is 38.5 Å². The van der Waals surface area contributed by atoms with E-state index in [1.54, 1.807) is 0 Å². The van der Waals surface area contributed by atoms with Crippen LogP contribution in [0.5, 0.6) is 0 Å². The fourth-order valence-corrected chi connectivity index (χ4v) is 11.0. The molecular formula is C89H138O17P2. The first kappa shape index (κ1) is 101. The van der Waals surface area contributed by atoms with E-state index in [-0.39, 0.29) is 25.7 Å². The molecule has 0 amide bonds. The molecule has 0 saturated heterocycles. The molecule has 0 aromatic carbocycles. The minimum Gasteiger partial charge on any atom is -0.462 e. The summed E-state index contributed by atoms with van der Waals surface area (Å²) < 4.78 is 68.4. The largest absolute Gasteiger partial charge is 0.472 e. The van der Waals surface area contributed by atoms with Crippen LogP contribution < -0.4 is 0 Å². The molecule has 3 N–H and O–H groups in total. The molecular weight excluding hydrogens is 1400 g/mol. The summed E-state index contributed by atoms with van der Waals surface area (Å²) in [5.74, 6) is -2.45. The molecule has 0 heterocycles. The number of esters is 4. The Hall–Kier alpha value is -6.62. The zero-order valence-electron chi connectivity index (χ0n) is 66.2. The van der Waals surface area contributed by atoms with Crippen LogP contribution in [-0.2, 0) is 65.4 Å². The van der Waals surface area contributed by atoms with Gasteiger partial charge in [-0.25, -0.2) is 9.13 Å². The maximum atomic E-state index is 13.1. The van der Waals surface area contributed by atoms with Crippen LogP contribution in [0.1, 0.15) is 259 Å². The van der Waals surface area contributed by atoms with Crippen molar-refractivity contribution in [2.45, 2.75) is 277 Å². The predicted molar refractivity (Wildman–Crippen MR) is 445 cm³/mol. The van der Waals surface area contributed by atoms with E-state index in [4.69, 9.17) is 37.0 Å². The van der Waals surface area contributed by atoms with Gasteiger partial charge in [-0.15, -0.1) is 0 Å². The normalized spacial score (nSPS) is 15.0. The summed E-state index contributed by atoms with van der Waals surface area (Å²) in [6.07, 6.45) is 99.6. The van der Waals surface area contributed by atoms with Crippen molar-refractivity contribution in [1.82, 2.24) is 0 Å². The van der Waals surface area contributed by atoms with Gasteiger partial charge in [-0.2, -0.15) is 0 Å². The number of rotatable bonds is 72. The standard InChI is InChI=1S/C89H138O17P2/c1-5-9-13-17-21-25-29-32-35-38-41-44-47-50-54-57-61-65-69-73-86(91)99-79-84(105-88(93)75-71-67-63-59-53-28-24-20-16-12-8-4)81-103-107(95,96)101-77-83(90)78-102-108(97,98)104-82-85(106-89(94)76-72-68-64-60-56-52-49-46-43-40-37-34-31-27-23-19-15-11-7-3)80-100-87(92)74-70-66-62-58-55-51-48-45-42-39-36-33-30-26-22-18-14-10-6-2/h9-11,13-15,20-27,32-37,41-46,50-52,54-56,62,64,66,68,83-85,90H,5-8,12,16-19,28-31,38-40,47-49,53,57-61,63,65,67,69-82H2,1-4H3,(H,95,96)(H,97,98)/b13-9-,14-10-,15-11-,24-20-,25-21-,26-22-,27-23-,35-32-,36-33-,37-34-,44-41-,45-42-,46-43-,54-50-,55-51-,56-52-,66-62-,68-64-. The summed E-state index contributed by atoms with van der Waals surface area (Å²) in [4.78, 5) is 73.0. The van der Waals surface area contributed by atoms with Crippen molar-refractivity contribution in [2.75, 3.05) is 39.6 Å². The highest BCUT2D eigenvalue weighted by atomic mass is 31.2. The zero-order chi connectivity index (χ0) is 78.9. The molecule has 17 nitrogen and oxygen atoms in total. The lowest BCUT2D eigenvalue weighted by atomic mass is 10.1. The van der Waals surface area contributed by atoms with Crippen LogP contribution in [0.3, 0.4) is 0 Å². The Balaban J connectivity index is 5.54. The number of allylic oxidation sites excluding steroid dienone is 36. The zero-order valence-corrected chi connectivity index (χ0v) is 68.0. The van der Waals surface area contributed by atoms with Gasteiger partial charge in [-0.1, -0.05) is 285 Å². The number of carbonyl (C=O) groups is 4. The SMILES string of the molecule is CC/C=C\C/C=C\C/C=C\C/C=C\C/C=C\C/C=C\CCC(=O)OCC(COP(=O)(O)OCC(O)COP(=O)(O)OCC(COC(=O)CCCCC/C=C\C/C=C\C/C=C\C/C=C\C/C=C\CC)OC(=O)CCCCCCC/C=C\CCCC)OC(=O)CC/C=C\C/C=C\C/C=C\C/C=C\C/C=C\C/C=C\CC. The third kappa shape index (κ3) is 77.5. The van der Waals surface area contributed by atoms with Gasteiger partial charge in [0.2, 0.25) is 0 Å². The lowest BCUT2D eigenvalue weighted by Crippen LogP contribution is -2.30. The molecule has 0 rings (SSSR count). The van der Waals surface area contributed by atoms with E-state index >= 15 is 0 Å². The first-order valence-electron chi connectivity index (χ1n) is 40.0. The molecule has 0 aliphatic heterocycles. The van der Waals surface area contributed by atoms with E-state index < -0.39 is 97.5 Å². The van der Waals surface area contributed by atoms with Crippen molar-refractivity contribution in [3.05, 3.63) is 219 Å². The molecule has 0 radical (unpaired) electrons. The van der Waals surface area contributed by atoms with Gasteiger partial charge in [0, 0.05) is 25.7 Å². The average molecular weight is 1540 g/mol. The Morgan fingerprint density at radius 1 is 0.269 bits per heavy atom. The molecule has 5 unspecified atom stereocenters. The van der Waals surface area contributed by atoms with Crippen LogP contribution >= 0.6 is 15.6 Å². The fourth-order valence-electron chi connectivity index (χ4n) is 9.45. The maximum absolute atomic E-state index is 13.1. The first-order chi connectivity index (χ1) is 52.7. The van der Waals surface area contributed by atoms with Gasteiger partial charge in [0.15, 0.2) is 12.2 Å². The molecule has 0 spiro atoms. The van der Waals surface area contributed by atoms with Gasteiger partial charge in [0.1, 0.15) is 19.3 Å². The average Bonchev–Trinajstić information content (AvgIpc) is 0.917. The number of carbonyl (C=O) groups excluding carboxylic acids is 4. The monoisotopic (exact) mass is 1540 g/mol. The number of phosphoric acid groups is 2. The Bertz CT molecular complexity index is 2910. The minimum atomic E-state index is -5.03. The van der Waals surface area contributed by atoms with Crippen LogP contribution in [-0.4, -0.2) is 96.7 Å². The fraction of sp³-hybridized carbons (Fsp3) is 0.551.